The van der Waals surface area contributed by atoms with E-state index in [1.807, 2.05) is 0 Å². The normalized spacial score (nSPS) is 26.3. The average Bonchev–Trinajstić information content (AvgIpc) is 3.05. The van der Waals surface area contributed by atoms with Crippen molar-refractivity contribution >= 4 is 23.0 Å². The van der Waals surface area contributed by atoms with Crippen LogP contribution in [-0.2, 0) is 27.2 Å². The number of phenols is 2. The number of ether oxygens (including phenoxy) is 3. The van der Waals surface area contributed by atoms with E-state index in [0.29, 0.717) is 0 Å². The fourth-order valence-corrected chi connectivity index (χ4v) is 6.81. The third-order valence-corrected chi connectivity index (χ3v) is 9.47. The molecule has 1 fully saturated rings. The van der Waals surface area contributed by atoms with E-state index in [4.69, 9.17) is 14.2 Å². The highest BCUT2D eigenvalue weighted by atomic mass is 16.7. The summed E-state index contributed by atoms with van der Waals surface area (Å²) < 4.78 is 17.5. The van der Waals surface area contributed by atoms with E-state index in [9.17, 15) is 44.9 Å². The molecule has 0 radical (unpaired) electrons. The number of nitro groups is 1. The minimum atomic E-state index is -2.06. The lowest BCUT2D eigenvalue weighted by Gasteiger charge is -2.43. The van der Waals surface area contributed by atoms with Crippen LogP contribution in [0.25, 0.3) is 0 Å². The maximum atomic E-state index is 13.8. The molecule has 4 unspecified atom stereocenters. The number of non-ortho nitro benzene ring substituents is 1. The van der Waals surface area contributed by atoms with Crippen molar-refractivity contribution in [3.8, 4) is 17.2 Å². The van der Waals surface area contributed by atoms with Crippen molar-refractivity contribution in [3.63, 3.8) is 0 Å². The van der Waals surface area contributed by atoms with Crippen LogP contribution in [0, 0.1) is 10.1 Å². The van der Waals surface area contributed by atoms with E-state index in [0.717, 1.165) is 5.56 Å². The smallest absolute Gasteiger partial charge is 0.269 e. The third kappa shape index (κ3) is 5.50. The summed E-state index contributed by atoms with van der Waals surface area (Å²) in [6.07, 6.45) is -4.90. The molecule has 6 atom stereocenters. The molecule has 14 nitrogen and oxygen atoms in total. The van der Waals surface area contributed by atoms with Crippen molar-refractivity contribution in [1.29, 1.82) is 0 Å². The number of nitrogens with zero attached hydrogens (tertiary/aromatic N) is 1. The number of hydrogen-bond donors (Lipinski definition) is 5. The lowest BCUT2D eigenvalue weighted by molar-refractivity contribution is -0.384. The summed E-state index contributed by atoms with van der Waals surface area (Å²) in [4.78, 5) is 50.7. The third-order valence-electron chi connectivity index (χ3n) is 9.47. The fraction of sp³-hybridized carbons (Fsp3) is 0.382. The van der Waals surface area contributed by atoms with Gasteiger partial charge in [-0.2, -0.15) is 0 Å². The predicted molar refractivity (Wildman–Crippen MR) is 166 cm³/mol. The Labute approximate surface area is 274 Å². The number of ketones is 3. The standard InChI is InChI=1S/C34H34N2O12/c1-15-29(38)21(35-14-17-7-9-18(10-8-17)36(44)45)11-24(47-15)48-23-13-34(43,16(2)37)12-20-26(23)33(42)28-27(31(20)40)30(39)19-5-4-6-22(46-3)25(19)32(28)41/h4-10,15,21,23-24,29,35,38,40,42-43H,11-14H2,1-3H3/t15?,21?,23-,24?,29?,34-/m0/s1. The Kier molecular flexibility index (Phi) is 8.56. The number of fused-ring (bicyclic) bond motifs is 3. The van der Waals surface area contributed by atoms with E-state index < -0.39 is 87.6 Å². The van der Waals surface area contributed by atoms with Gasteiger partial charge in [-0.3, -0.25) is 24.5 Å². The van der Waals surface area contributed by atoms with Crippen LogP contribution in [0.3, 0.4) is 0 Å². The average molecular weight is 663 g/mol. The second-order valence-corrected chi connectivity index (χ2v) is 12.4. The number of methoxy groups -OCH3 is 1. The first-order chi connectivity index (χ1) is 22.7. The molecule has 5 N–H and O–H groups in total. The van der Waals surface area contributed by atoms with Crippen molar-refractivity contribution in [2.75, 3.05) is 7.11 Å². The molecule has 14 heteroatoms. The molecule has 1 aliphatic heterocycles. The highest BCUT2D eigenvalue weighted by Gasteiger charge is 2.49. The maximum Gasteiger partial charge on any atom is 0.269 e. The number of Topliss-reactive ketones (excluding diaryl/α,β-unsaturated/α-hetero) is 1. The molecule has 1 saturated heterocycles. The molecule has 0 saturated carbocycles. The summed E-state index contributed by atoms with van der Waals surface area (Å²) >= 11 is 0. The number of aromatic hydroxyl groups is 2. The van der Waals surface area contributed by atoms with Gasteiger partial charge in [0.25, 0.3) is 5.69 Å². The Balaban J connectivity index is 1.35. The molecular weight excluding hydrogens is 628 g/mol. The first-order valence-corrected chi connectivity index (χ1v) is 15.3. The summed E-state index contributed by atoms with van der Waals surface area (Å²) in [5, 5.41) is 59.8. The fourth-order valence-electron chi connectivity index (χ4n) is 6.81. The van der Waals surface area contributed by atoms with E-state index in [1.54, 1.807) is 19.1 Å². The lowest BCUT2D eigenvalue weighted by Crippen LogP contribution is -2.54. The van der Waals surface area contributed by atoms with Crippen molar-refractivity contribution < 1.29 is 53.9 Å². The number of nitro benzene ring substituents is 1. The van der Waals surface area contributed by atoms with E-state index in [-0.39, 0.29) is 53.1 Å². The van der Waals surface area contributed by atoms with Crippen LogP contribution in [-0.4, -0.2) is 79.9 Å². The van der Waals surface area contributed by atoms with Crippen molar-refractivity contribution in [3.05, 3.63) is 91.5 Å². The van der Waals surface area contributed by atoms with Crippen LogP contribution in [0.4, 0.5) is 5.69 Å². The van der Waals surface area contributed by atoms with Gasteiger partial charge in [-0.05, 0) is 25.5 Å². The highest BCUT2D eigenvalue weighted by Crippen LogP contribution is 2.52. The molecule has 48 heavy (non-hydrogen) atoms. The molecule has 2 aliphatic carbocycles. The number of rotatable bonds is 8. The molecule has 252 valence electrons. The number of nitrogens with one attached hydrogen (secondary N) is 1. The molecule has 3 aromatic carbocycles. The number of carbonyl (C=O) groups excluding carboxylic acids is 3. The zero-order valence-electron chi connectivity index (χ0n) is 26.3. The molecule has 6 rings (SSSR count). The number of aliphatic hydroxyl groups is 2. The molecule has 0 aromatic heterocycles. The molecule has 1 heterocycles. The largest absolute Gasteiger partial charge is 0.507 e. The van der Waals surface area contributed by atoms with Crippen LogP contribution < -0.4 is 10.1 Å². The van der Waals surface area contributed by atoms with Gasteiger partial charge in [-0.15, -0.1) is 0 Å². The predicted octanol–water partition coefficient (Wildman–Crippen LogP) is 2.77. The molecule has 0 bridgehead atoms. The monoisotopic (exact) mass is 662 g/mol. The summed E-state index contributed by atoms with van der Waals surface area (Å²) in [7, 11) is 1.33. The van der Waals surface area contributed by atoms with Gasteiger partial charge >= 0.3 is 0 Å². The maximum absolute atomic E-state index is 13.8. The van der Waals surface area contributed by atoms with Crippen LogP contribution >= 0.6 is 0 Å². The van der Waals surface area contributed by atoms with E-state index in [1.165, 1.54) is 44.4 Å². The minimum Gasteiger partial charge on any atom is -0.507 e. The Morgan fingerprint density at radius 1 is 1.08 bits per heavy atom. The summed E-state index contributed by atoms with van der Waals surface area (Å²) in [6.45, 7) is 3.04. The van der Waals surface area contributed by atoms with Crippen molar-refractivity contribution in [1.82, 2.24) is 5.32 Å². The molecule has 0 spiro atoms. The zero-order chi connectivity index (χ0) is 34.7. The number of carbonyl (C=O) groups is 3. The molecular formula is C34H34N2O12. The lowest BCUT2D eigenvalue weighted by atomic mass is 9.72. The topological polar surface area (TPSA) is 215 Å². The molecule has 3 aliphatic rings. The van der Waals surface area contributed by atoms with Gasteiger partial charge in [-0.1, -0.05) is 24.3 Å². The van der Waals surface area contributed by atoms with E-state index >= 15 is 0 Å². The number of benzene rings is 3. The van der Waals surface area contributed by atoms with Crippen molar-refractivity contribution in [2.45, 2.75) is 75.9 Å². The zero-order valence-corrected chi connectivity index (χ0v) is 26.3. The van der Waals surface area contributed by atoms with Crippen LogP contribution in [0.15, 0.2) is 42.5 Å². The van der Waals surface area contributed by atoms with Gasteiger partial charge in [0.05, 0.1) is 47.0 Å². The van der Waals surface area contributed by atoms with Gasteiger partial charge < -0.3 is 40.0 Å². The van der Waals surface area contributed by atoms with Gasteiger partial charge in [0.1, 0.15) is 22.8 Å². The minimum absolute atomic E-state index is 0.0395. The SMILES string of the molecule is COc1cccc2c1C(=O)c1c(O)c3c(c(O)c1C2=O)C[C@@](O)(C(C)=O)C[C@@H]3OC1CC(NCc2ccc([N+](=O)[O-])cc2)C(O)C(C)O1. The van der Waals surface area contributed by atoms with Crippen LogP contribution in [0.5, 0.6) is 17.2 Å². The van der Waals surface area contributed by atoms with Gasteiger partial charge in [0.15, 0.2) is 17.9 Å². The van der Waals surface area contributed by atoms with Crippen LogP contribution in [0.2, 0.25) is 0 Å². The van der Waals surface area contributed by atoms with Crippen LogP contribution in [0.1, 0.15) is 81.3 Å². The van der Waals surface area contributed by atoms with E-state index in [2.05, 4.69) is 5.32 Å². The summed E-state index contributed by atoms with van der Waals surface area (Å²) in [6, 6.07) is 9.72. The summed E-state index contributed by atoms with van der Waals surface area (Å²) in [5.74, 6) is -3.35. The number of hydrogen-bond acceptors (Lipinski definition) is 13. The first-order valence-electron chi connectivity index (χ1n) is 15.3. The Morgan fingerprint density at radius 3 is 2.42 bits per heavy atom. The quantitative estimate of drug-likeness (QED) is 0.104. The van der Waals surface area contributed by atoms with Gasteiger partial charge in [-0.25, -0.2) is 0 Å². The second-order valence-electron chi connectivity index (χ2n) is 12.4. The second kappa shape index (κ2) is 12.4. The Hall–Kier alpha value is -4.73. The highest BCUT2D eigenvalue weighted by molar-refractivity contribution is 6.31. The number of phenolic OH excluding ortho intramolecular Hbond substituents is 2. The first kappa shape index (κ1) is 33.2. The molecule has 3 aromatic rings. The van der Waals surface area contributed by atoms with Crippen molar-refractivity contribution in [2.24, 2.45) is 0 Å². The Bertz CT molecular complexity index is 1840. The van der Waals surface area contributed by atoms with Gasteiger partial charge in [0, 0.05) is 60.7 Å². The van der Waals surface area contributed by atoms with Gasteiger partial charge in [0.2, 0.25) is 5.78 Å². The Morgan fingerprint density at radius 2 is 1.77 bits per heavy atom. The summed E-state index contributed by atoms with van der Waals surface area (Å²) in [5.41, 5.74) is -2.63. The number of aliphatic hydroxyl groups excluding tert-OH is 1. The molecule has 0 amide bonds.